The van der Waals surface area contributed by atoms with Gasteiger partial charge in [0.1, 0.15) is 11.8 Å². The molecule has 5 nitrogen and oxygen atoms in total. The summed E-state index contributed by atoms with van der Waals surface area (Å²) < 4.78 is 5.82. The van der Waals surface area contributed by atoms with Crippen LogP contribution in [-0.2, 0) is 22.6 Å². The Morgan fingerprint density at radius 2 is 1.75 bits per heavy atom. The van der Waals surface area contributed by atoms with Crippen LogP contribution in [0, 0.1) is 6.92 Å². The Kier molecular flexibility index (Phi) is 10.2. The Hall–Kier alpha value is -3.02. The van der Waals surface area contributed by atoms with Crippen LogP contribution in [0.2, 0.25) is 10.0 Å². The summed E-state index contributed by atoms with van der Waals surface area (Å²) in [6, 6.07) is 21.5. The fraction of sp³-hybridized carbons (Fsp3) is 0.310. The Morgan fingerprint density at radius 1 is 1.00 bits per heavy atom. The standard InChI is InChI=1S/C29H32Cl2N2O3/c1-4-21(3)32-29(35)27(16-22-10-6-5-7-11-22)33(18-23-13-14-24(30)17-26(23)31)28(34)19-36-25-12-8-9-20(2)15-25/h5-15,17,21,27H,4,16,18-19H2,1-3H3,(H,32,35)/t21-,27-/m0/s1. The van der Waals surface area contributed by atoms with Crippen LogP contribution in [0.4, 0.5) is 0 Å². The van der Waals surface area contributed by atoms with Gasteiger partial charge >= 0.3 is 0 Å². The van der Waals surface area contributed by atoms with Crippen molar-refractivity contribution in [2.75, 3.05) is 6.61 Å². The fourth-order valence-corrected chi connectivity index (χ4v) is 4.23. The Balaban J connectivity index is 1.94. The van der Waals surface area contributed by atoms with E-state index in [0.29, 0.717) is 27.8 Å². The molecule has 0 spiro atoms. The number of rotatable bonds is 11. The molecule has 190 valence electrons. The first-order valence-electron chi connectivity index (χ1n) is 12.0. The molecule has 0 fully saturated rings. The van der Waals surface area contributed by atoms with Gasteiger partial charge in [-0.1, -0.05) is 78.7 Å². The number of hydrogen-bond donors (Lipinski definition) is 1. The number of halogens is 2. The summed E-state index contributed by atoms with van der Waals surface area (Å²) in [6.07, 6.45) is 1.13. The van der Waals surface area contributed by atoms with Gasteiger partial charge in [-0.3, -0.25) is 9.59 Å². The maximum absolute atomic E-state index is 13.6. The van der Waals surface area contributed by atoms with Crippen LogP contribution >= 0.6 is 23.2 Å². The van der Waals surface area contributed by atoms with Gasteiger partial charge in [0.2, 0.25) is 5.91 Å². The van der Waals surface area contributed by atoms with E-state index in [1.165, 1.54) is 0 Å². The number of nitrogens with zero attached hydrogens (tertiary/aromatic N) is 1. The SMILES string of the molecule is CC[C@H](C)NC(=O)[C@H](Cc1ccccc1)N(Cc1ccc(Cl)cc1Cl)C(=O)COc1cccc(C)c1. The second-order valence-corrected chi connectivity index (χ2v) is 9.73. The molecule has 0 heterocycles. The number of benzene rings is 3. The lowest BCUT2D eigenvalue weighted by atomic mass is 10.0. The Labute approximate surface area is 223 Å². The van der Waals surface area contributed by atoms with Crippen molar-refractivity contribution in [1.82, 2.24) is 10.2 Å². The molecule has 0 bridgehead atoms. The van der Waals surface area contributed by atoms with E-state index in [1.807, 2.05) is 69.3 Å². The maximum atomic E-state index is 13.6. The number of carbonyl (C=O) groups excluding carboxylic acids is 2. The normalized spacial score (nSPS) is 12.5. The molecule has 3 aromatic rings. The highest BCUT2D eigenvalue weighted by Gasteiger charge is 2.31. The lowest BCUT2D eigenvalue weighted by Crippen LogP contribution is -2.53. The minimum atomic E-state index is -0.762. The van der Waals surface area contributed by atoms with Crippen LogP contribution in [0.15, 0.2) is 72.8 Å². The molecule has 0 aromatic heterocycles. The highest BCUT2D eigenvalue weighted by atomic mass is 35.5. The van der Waals surface area contributed by atoms with E-state index < -0.39 is 6.04 Å². The molecule has 3 aromatic carbocycles. The van der Waals surface area contributed by atoms with E-state index in [4.69, 9.17) is 27.9 Å². The first-order valence-corrected chi connectivity index (χ1v) is 12.8. The number of carbonyl (C=O) groups is 2. The van der Waals surface area contributed by atoms with Crippen molar-refractivity contribution in [3.63, 3.8) is 0 Å². The van der Waals surface area contributed by atoms with Crippen LogP contribution in [-0.4, -0.2) is 35.4 Å². The molecule has 0 radical (unpaired) electrons. The van der Waals surface area contributed by atoms with E-state index >= 15 is 0 Å². The highest BCUT2D eigenvalue weighted by molar-refractivity contribution is 6.35. The third-order valence-corrected chi connectivity index (χ3v) is 6.57. The summed E-state index contributed by atoms with van der Waals surface area (Å²) >= 11 is 12.6. The quantitative estimate of drug-likeness (QED) is 0.322. The number of amides is 2. The molecular formula is C29H32Cl2N2O3. The first-order chi connectivity index (χ1) is 17.3. The molecule has 0 saturated heterocycles. The Bertz CT molecular complexity index is 1170. The van der Waals surface area contributed by atoms with Gasteiger partial charge in [-0.25, -0.2) is 0 Å². The van der Waals surface area contributed by atoms with Crippen molar-refractivity contribution in [3.05, 3.63) is 99.5 Å². The second-order valence-electron chi connectivity index (χ2n) is 8.89. The van der Waals surface area contributed by atoms with Gasteiger partial charge in [0.25, 0.3) is 5.91 Å². The predicted octanol–water partition coefficient (Wildman–Crippen LogP) is 6.24. The van der Waals surface area contributed by atoms with Crippen LogP contribution in [0.5, 0.6) is 5.75 Å². The van der Waals surface area contributed by atoms with Gasteiger partial charge in [-0.15, -0.1) is 0 Å². The van der Waals surface area contributed by atoms with E-state index in [2.05, 4.69) is 5.32 Å². The summed E-state index contributed by atoms with van der Waals surface area (Å²) in [7, 11) is 0. The molecule has 2 amide bonds. The number of aryl methyl sites for hydroxylation is 1. The Morgan fingerprint density at radius 3 is 2.42 bits per heavy atom. The third-order valence-electron chi connectivity index (χ3n) is 5.98. The van der Waals surface area contributed by atoms with E-state index in [-0.39, 0.29) is 31.0 Å². The number of hydrogen-bond acceptors (Lipinski definition) is 3. The topological polar surface area (TPSA) is 58.6 Å². The van der Waals surface area contributed by atoms with Crippen LogP contribution < -0.4 is 10.1 Å². The largest absolute Gasteiger partial charge is 0.484 e. The van der Waals surface area contributed by atoms with Crippen molar-refractivity contribution in [1.29, 1.82) is 0 Å². The summed E-state index contributed by atoms with van der Waals surface area (Å²) in [5.41, 5.74) is 2.67. The van der Waals surface area contributed by atoms with Gasteiger partial charge in [0, 0.05) is 29.1 Å². The monoisotopic (exact) mass is 526 g/mol. The molecule has 36 heavy (non-hydrogen) atoms. The number of ether oxygens (including phenoxy) is 1. The first kappa shape index (κ1) is 27.6. The maximum Gasteiger partial charge on any atom is 0.261 e. The summed E-state index contributed by atoms with van der Waals surface area (Å²) in [4.78, 5) is 28.7. The van der Waals surface area contributed by atoms with Crippen LogP contribution in [0.1, 0.15) is 37.0 Å². The zero-order valence-corrected chi connectivity index (χ0v) is 22.4. The van der Waals surface area contributed by atoms with Crippen molar-refractivity contribution in [3.8, 4) is 5.75 Å². The minimum Gasteiger partial charge on any atom is -0.484 e. The highest BCUT2D eigenvalue weighted by Crippen LogP contribution is 2.24. The predicted molar refractivity (Wildman–Crippen MR) is 146 cm³/mol. The minimum absolute atomic E-state index is 0.0320. The second kappa shape index (κ2) is 13.3. The molecule has 0 aliphatic rings. The van der Waals surface area contributed by atoms with Crippen molar-refractivity contribution >= 4 is 35.0 Å². The smallest absolute Gasteiger partial charge is 0.261 e. The molecule has 0 unspecified atom stereocenters. The lowest BCUT2D eigenvalue weighted by molar-refractivity contribution is -0.143. The van der Waals surface area contributed by atoms with E-state index in [1.54, 1.807) is 29.2 Å². The van der Waals surface area contributed by atoms with Gasteiger partial charge in [0.05, 0.1) is 0 Å². The molecular weight excluding hydrogens is 495 g/mol. The molecule has 0 aliphatic heterocycles. The van der Waals surface area contributed by atoms with E-state index in [9.17, 15) is 9.59 Å². The molecule has 7 heteroatoms. The van der Waals surface area contributed by atoms with Crippen molar-refractivity contribution in [2.24, 2.45) is 0 Å². The molecule has 1 N–H and O–H groups in total. The van der Waals surface area contributed by atoms with E-state index in [0.717, 1.165) is 17.5 Å². The van der Waals surface area contributed by atoms with Gasteiger partial charge in [-0.2, -0.15) is 0 Å². The summed E-state index contributed by atoms with van der Waals surface area (Å²) in [6.45, 7) is 5.83. The fourth-order valence-electron chi connectivity index (χ4n) is 3.76. The van der Waals surface area contributed by atoms with Gasteiger partial charge < -0.3 is 15.0 Å². The van der Waals surface area contributed by atoms with Gasteiger partial charge in [0.15, 0.2) is 6.61 Å². The number of nitrogens with one attached hydrogen (secondary N) is 1. The van der Waals surface area contributed by atoms with Crippen molar-refractivity contribution < 1.29 is 14.3 Å². The average Bonchev–Trinajstić information content (AvgIpc) is 2.86. The average molecular weight is 527 g/mol. The van der Waals surface area contributed by atoms with Crippen molar-refractivity contribution in [2.45, 2.75) is 52.2 Å². The zero-order chi connectivity index (χ0) is 26.1. The summed E-state index contributed by atoms with van der Waals surface area (Å²) in [5, 5.41) is 3.98. The molecule has 0 saturated carbocycles. The van der Waals surface area contributed by atoms with Gasteiger partial charge in [-0.05, 0) is 61.2 Å². The molecule has 3 rings (SSSR count). The molecule has 0 aliphatic carbocycles. The lowest BCUT2D eigenvalue weighted by Gasteiger charge is -2.32. The summed E-state index contributed by atoms with van der Waals surface area (Å²) in [5.74, 6) is 0.0569. The van der Waals surface area contributed by atoms with Crippen LogP contribution in [0.3, 0.4) is 0 Å². The molecule has 2 atom stereocenters. The third kappa shape index (κ3) is 8.00. The van der Waals surface area contributed by atoms with Crippen LogP contribution in [0.25, 0.3) is 0 Å². The zero-order valence-electron chi connectivity index (χ0n) is 20.8.